The highest BCUT2D eigenvalue weighted by Gasteiger charge is 2.31. The number of benzene rings is 1. The number of nitrogens with zero attached hydrogens (tertiary/aromatic N) is 5. The van der Waals surface area contributed by atoms with Crippen LogP contribution in [0.15, 0.2) is 53.8 Å². The van der Waals surface area contributed by atoms with Crippen LogP contribution in [0.2, 0.25) is 0 Å². The lowest BCUT2D eigenvalue weighted by Gasteiger charge is -2.33. The molecule has 29 heavy (non-hydrogen) atoms. The normalized spacial score (nSPS) is 15.6. The van der Waals surface area contributed by atoms with E-state index in [0.29, 0.717) is 11.3 Å². The second-order valence-corrected chi connectivity index (χ2v) is 8.67. The largest absolute Gasteiger partial charge is 0.335 e. The number of hydrogen-bond donors (Lipinski definition) is 0. The minimum atomic E-state index is -3.74. The Morgan fingerprint density at radius 2 is 1.83 bits per heavy atom. The molecule has 3 aromatic rings. The first kappa shape index (κ1) is 19.2. The van der Waals surface area contributed by atoms with Gasteiger partial charge >= 0.3 is 0 Å². The molecule has 0 N–H and O–H groups in total. The summed E-state index contributed by atoms with van der Waals surface area (Å²) >= 11 is 0. The molecule has 0 saturated carbocycles. The summed E-state index contributed by atoms with van der Waals surface area (Å²) < 4.78 is 28.8. The Labute approximate surface area is 167 Å². The number of ketones is 1. The summed E-state index contributed by atoms with van der Waals surface area (Å²) in [7, 11) is -3.74. The number of sulfonamides is 1. The third-order valence-corrected chi connectivity index (χ3v) is 6.75. The predicted octanol–water partition coefficient (Wildman–Crippen LogP) is 1.08. The highest BCUT2D eigenvalue weighted by molar-refractivity contribution is 7.89. The van der Waals surface area contributed by atoms with Crippen molar-refractivity contribution in [3.8, 4) is 0 Å². The molecule has 1 amide bonds. The molecule has 150 valence electrons. The van der Waals surface area contributed by atoms with Gasteiger partial charge in [-0.15, -0.1) is 0 Å². The zero-order valence-corrected chi connectivity index (χ0v) is 16.5. The van der Waals surface area contributed by atoms with E-state index < -0.39 is 10.0 Å². The van der Waals surface area contributed by atoms with Crippen molar-refractivity contribution in [2.75, 3.05) is 26.2 Å². The number of fused-ring (bicyclic) bond motifs is 1. The molecule has 9 nitrogen and oxygen atoms in total. The van der Waals surface area contributed by atoms with E-state index in [1.165, 1.54) is 23.4 Å². The molecule has 0 spiro atoms. The molecule has 1 fully saturated rings. The predicted molar refractivity (Wildman–Crippen MR) is 104 cm³/mol. The molecule has 0 atom stereocenters. The number of piperazine rings is 1. The Balaban J connectivity index is 1.48. The van der Waals surface area contributed by atoms with E-state index in [1.807, 2.05) is 0 Å². The van der Waals surface area contributed by atoms with Gasteiger partial charge in [0.15, 0.2) is 5.78 Å². The highest BCUT2D eigenvalue weighted by Crippen LogP contribution is 2.20. The van der Waals surface area contributed by atoms with Gasteiger partial charge in [-0.1, -0.05) is 12.1 Å². The van der Waals surface area contributed by atoms with Gasteiger partial charge in [0, 0.05) is 50.3 Å². The van der Waals surface area contributed by atoms with E-state index in [-0.39, 0.29) is 48.5 Å². The van der Waals surface area contributed by atoms with Crippen LogP contribution in [0.25, 0.3) is 5.78 Å². The Morgan fingerprint density at radius 1 is 1.07 bits per heavy atom. The first-order valence-corrected chi connectivity index (χ1v) is 10.5. The van der Waals surface area contributed by atoms with Crippen molar-refractivity contribution in [3.63, 3.8) is 0 Å². The fraction of sp³-hybridized carbons (Fsp3) is 0.263. The molecule has 0 aliphatic carbocycles. The van der Waals surface area contributed by atoms with Crippen molar-refractivity contribution in [1.82, 2.24) is 23.6 Å². The molecule has 0 unspecified atom stereocenters. The van der Waals surface area contributed by atoms with Crippen molar-refractivity contribution < 1.29 is 18.0 Å². The standard InChI is InChI=1S/C19H19N5O4S/c1-14(25)15-4-2-5-16(12-15)29(27,28)24-10-8-22(9-11-24)18(26)17-13-23-7-3-6-20-19(23)21-17/h2-7,12-13H,8-11H2,1H3. The Bertz CT molecular complexity index is 1160. The van der Waals surface area contributed by atoms with Gasteiger partial charge in [-0.3, -0.25) is 14.0 Å². The maximum absolute atomic E-state index is 12.9. The fourth-order valence-corrected chi connectivity index (χ4v) is 4.72. The summed E-state index contributed by atoms with van der Waals surface area (Å²) in [5, 5.41) is 0. The lowest BCUT2D eigenvalue weighted by molar-refractivity contribution is 0.0692. The zero-order valence-electron chi connectivity index (χ0n) is 15.7. The summed E-state index contributed by atoms with van der Waals surface area (Å²) in [4.78, 5) is 34.3. The summed E-state index contributed by atoms with van der Waals surface area (Å²) in [6, 6.07) is 7.75. The van der Waals surface area contributed by atoms with E-state index in [0.717, 1.165) is 0 Å². The summed E-state index contributed by atoms with van der Waals surface area (Å²) in [5.74, 6) is -0.0204. The van der Waals surface area contributed by atoms with Crippen molar-refractivity contribution >= 4 is 27.5 Å². The summed E-state index contributed by atoms with van der Waals surface area (Å²) in [6.07, 6.45) is 4.97. The van der Waals surface area contributed by atoms with E-state index in [4.69, 9.17) is 0 Å². The lowest BCUT2D eigenvalue weighted by Crippen LogP contribution is -2.50. The van der Waals surface area contributed by atoms with Gasteiger partial charge in [-0.2, -0.15) is 4.31 Å². The second-order valence-electron chi connectivity index (χ2n) is 6.73. The third-order valence-electron chi connectivity index (χ3n) is 4.86. The number of Topliss-reactive ketones (excluding diaryl/α,β-unsaturated/α-hetero) is 1. The Hall–Kier alpha value is -3.11. The molecular formula is C19H19N5O4S. The molecule has 1 aliphatic heterocycles. The van der Waals surface area contributed by atoms with Crippen LogP contribution in [-0.2, 0) is 10.0 Å². The topological polar surface area (TPSA) is 105 Å². The molecular weight excluding hydrogens is 394 g/mol. The number of hydrogen-bond acceptors (Lipinski definition) is 6. The zero-order chi connectivity index (χ0) is 20.6. The number of amides is 1. The van der Waals surface area contributed by atoms with Crippen LogP contribution in [0.3, 0.4) is 0 Å². The lowest BCUT2D eigenvalue weighted by atomic mass is 10.2. The van der Waals surface area contributed by atoms with E-state index in [1.54, 1.807) is 46.1 Å². The van der Waals surface area contributed by atoms with Crippen LogP contribution in [0, 0.1) is 0 Å². The van der Waals surface area contributed by atoms with Crippen molar-refractivity contribution in [3.05, 3.63) is 60.2 Å². The van der Waals surface area contributed by atoms with Gasteiger partial charge in [0.05, 0.1) is 4.90 Å². The number of aromatic nitrogens is 3. The van der Waals surface area contributed by atoms with Crippen molar-refractivity contribution in [1.29, 1.82) is 0 Å². The van der Waals surface area contributed by atoms with Crippen molar-refractivity contribution in [2.45, 2.75) is 11.8 Å². The molecule has 0 radical (unpaired) electrons. The quantitative estimate of drug-likeness (QED) is 0.593. The maximum atomic E-state index is 12.9. The average molecular weight is 413 g/mol. The number of carbonyl (C=O) groups is 2. The molecule has 1 aromatic carbocycles. The molecule has 1 saturated heterocycles. The van der Waals surface area contributed by atoms with Gasteiger partial charge < -0.3 is 4.90 Å². The summed E-state index contributed by atoms with van der Waals surface area (Å²) in [5.41, 5.74) is 0.620. The van der Waals surface area contributed by atoms with Gasteiger partial charge in [0.25, 0.3) is 5.91 Å². The first-order valence-electron chi connectivity index (χ1n) is 9.06. The van der Waals surface area contributed by atoms with Crippen LogP contribution in [-0.4, -0.2) is 69.9 Å². The van der Waals surface area contributed by atoms with E-state index in [2.05, 4.69) is 9.97 Å². The van der Waals surface area contributed by atoms with Crippen molar-refractivity contribution in [2.24, 2.45) is 0 Å². The number of imidazole rings is 1. The maximum Gasteiger partial charge on any atom is 0.274 e. The Morgan fingerprint density at radius 3 is 2.52 bits per heavy atom. The smallest absolute Gasteiger partial charge is 0.274 e. The van der Waals surface area contributed by atoms with Crippen LogP contribution in [0.1, 0.15) is 27.8 Å². The monoisotopic (exact) mass is 413 g/mol. The van der Waals surface area contributed by atoms with E-state index >= 15 is 0 Å². The number of rotatable bonds is 4. The van der Waals surface area contributed by atoms with Crippen LogP contribution < -0.4 is 0 Å². The molecule has 1 aliphatic rings. The summed E-state index contributed by atoms with van der Waals surface area (Å²) in [6.45, 7) is 2.25. The highest BCUT2D eigenvalue weighted by atomic mass is 32.2. The van der Waals surface area contributed by atoms with E-state index in [9.17, 15) is 18.0 Å². The fourth-order valence-electron chi connectivity index (χ4n) is 3.25. The minimum Gasteiger partial charge on any atom is -0.335 e. The van der Waals surface area contributed by atoms with Gasteiger partial charge in [-0.25, -0.2) is 18.4 Å². The third kappa shape index (κ3) is 3.64. The first-order chi connectivity index (χ1) is 13.9. The molecule has 3 heterocycles. The van der Waals surface area contributed by atoms with Gasteiger partial charge in [-0.05, 0) is 25.1 Å². The van der Waals surface area contributed by atoms with Crippen LogP contribution in [0.4, 0.5) is 0 Å². The molecule has 10 heteroatoms. The molecule has 2 aromatic heterocycles. The van der Waals surface area contributed by atoms with Crippen LogP contribution in [0.5, 0.6) is 0 Å². The van der Waals surface area contributed by atoms with Crippen LogP contribution >= 0.6 is 0 Å². The SMILES string of the molecule is CC(=O)c1cccc(S(=O)(=O)N2CCN(C(=O)c3cn4cccnc4n3)CC2)c1. The minimum absolute atomic E-state index is 0.0800. The molecule has 4 rings (SSSR count). The Kier molecular flexibility index (Phi) is 4.89. The van der Waals surface area contributed by atoms with Gasteiger partial charge in [0.2, 0.25) is 15.8 Å². The van der Waals surface area contributed by atoms with Gasteiger partial charge in [0.1, 0.15) is 5.69 Å². The second kappa shape index (κ2) is 7.37. The molecule has 0 bridgehead atoms. The number of carbonyl (C=O) groups excluding carboxylic acids is 2. The average Bonchev–Trinajstić information content (AvgIpc) is 3.17.